The number of benzene rings is 2. The van der Waals surface area contributed by atoms with Gasteiger partial charge in [-0.15, -0.1) is 0 Å². The maximum atomic E-state index is 13.9. The summed E-state index contributed by atoms with van der Waals surface area (Å²) in [6.07, 6.45) is 0. The Labute approximate surface area is 171 Å². The maximum Gasteiger partial charge on any atom is 0.262 e. The largest absolute Gasteiger partial charge is 0.508 e. The van der Waals surface area contributed by atoms with E-state index in [2.05, 4.69) is 5.32 Å². The van der Waals surface area contributed by atoms with E-state index in [0.29, 0.717) is 22.2 Å². The van der Waals surface area contributed by atoms with Crippen LogP contribution in [-0.4, -0.2) is 39.7 Å². The highest BCUT2D eigenvalue weighted by molar-refractivity contribution is 6.30. The molecule has 1 unspecified atom stereocenters. The molecule has 0 saturated heterocycles. The molecule has 0 aliphatic rings. The zero-order valence-electron chi connectivity index (χ0n) is 15.9. The van der Waals surface area contributed by atoms with E-state index in [1.165, 1.54) is 28.8 Å². The van der Waals surface area contributed by atoms with Gasteiger partial charge in [-0.3, -0.25) is 14.2 Å². The third-order valence-electron chi connectivity index (χ3n) is 4.84. The highest BCUT2D eigenvalue weighted by Gasteiger charge is 2.27. The first kappa shape index (κ1) is 20.8. The monoisotopic (exact) mass is 418 g/mol. The van der Waals surface area contributed by atoms with E-state index in [-0.39, 0.29) is 35.4 Å². The number of halogens is 2. The van der Waals surface area contributed by atoms with E-state index < -0.39 is 17.6 Å². The van der Waals surface area contributed by atoms with Gasteiger partial charge in [0.15, 0.2) is 0 Å². The summed E-state index contributed by atoms with van der Waals surface area (Å²) >= 11 is 5.71. The van der Waals surface area contributed by atoms with Gasteiger partial charge in [0.1, 0.15) is 11.6 Å². The molecular formula is C21H20ClFN2O4. The van der Waals surface area contributed by atoms with E-state index in [0.717, 1.165) is 6.07 Å². The Morgan fingerprint density at radius 2 is 1.97 bits per heavy atom. The number of fused-ring (bicyclic) bond motifs is 1. The molecule has 3 rings (SSSR count). The summed E-state index contributed by atoms with van der Waals surface area (Å²) in [7, 11) is 0. The van der Waals surface area contributed by atoms with Gasteiger partial charge in [-0.1, -0.05) is 11.6 Å². The van der Waals surface area contributed by atoms with E-state index in [1.807, 2.05) is 0 Å². The van der Waals surface area contributed by atoms with Crippen molar-refractivity contribution in [2.24, 2.45) is 0 Å². The van der Waals surface area contributed by atoms with Crippen molar-refractivity contribution in [1.82, 2.24) is 9.88 Å². The average Bonchev–Trinajstić information content (AvgIpc) is 2.97. The van der Waals surface area contributed by atoms with Gasteiger partial charge in [-0.25, -0.2) is 4.39 Å². The number of phenolic OH excluding ortho intramolecular Hbond substituents is 1. The number of aliphatic hydroxyl groups is 1. The molecule has 0 aliphatic carbocycles. The highest BCUT2D eigenvalue weighted by Crippen LogP contribution is 2.34. The van der Waals surface area contributed by atoms with Crippen molar-refractivity contribution in [3.63, 3.8) is 0 Å². The Morgan fingerprint density at radius 3 is 2.62 bits per heavy atom. The zero-order valence-corrected chi connectivity index (χ0v) is 16.6. The molecular weight excluding hydrogens is 399 g/mol. The molecule has 1 amide bonds. The quantitative estimate of drug-likeness (QED) is 0.592. The Morgan fingerprint density at radius 1 is 1.24 bits per heavy atom. The minimum absolute atomic E-state index is 0.0103. The van der Waals surface area contributed by atoms with Crippen LogP contribution in [0.15, 0.2) is 36.4 Å². The topological polar surface area (TPSA) is 91.6 Å². The van der Waals surface area contributed by atoms with Crippen LogP contribution in [0.25, 0.3) is 10.9 Å². The third-order valence-corrected chi connectivity index (χ3v) is 5.15. The summed E-state index contributed by atoms with van der Waals surface area (Å²) in [6.45, 7) is 3.28. The van der Waals surface area contributed by atoms with Gasteiger partial charge < -0.3 is 15.5 Å². The SMILES string of the molecule is Cc1c(C(C)C(=O)NCCO)c2cc(O)ccc2n1C(=O)c1ccc(Cl)c(F)c1. The molecule has 0 radical (unpaired) electrons. The van der Waals surface area contributed by atoms with Crippen molar-refractivity contribution in [3.8, 4) is 5.75 Å². The van der Waals surface area contributed by atoms with Gasteiger partial charge in [0.25, 0.3) is 5.91 Å². The fraction of sp³-hybridized carbons (Fsp3) is 0.238. The van der Waals surface area contributed by atoms with Crippen LogP contribution in [0, 0.1) is 12.7 Å². The van der Waals surface area contributed by atoms with Crippen molar-refractivity contribution in [2.45, 2.75) is 19.8 Å². The van der Waals surface area contributed by atoms with Crippen LogP contribution in [0.2, 0.25) is 5.02 Å². The predicted octanol–water partition coefficient (Wildman–Crippen LogP) is 3.35. The number of carbonyl (C=O) groups excluding carboxylic acids is 2. The van der Waals surface area contributed by atoms with Crippen molar-refractivity contribution >= 4 is 34.3 Å². The lowest BCUT2D eigenvalue weighted by Gasteiger charge is -2.13. The van der Waals surface area contributed by atoms with E-state index in [4.69, 9.17) is 16.7 Å². The number of aromatic hydroxyl groups is 1. The van der Waals surface area contributed by atoms with Crippen LogP contribution in [0.4, 0.5) is 4.39 Å². The summed E-state index contributed by atoms with van der Waals surface area (Å²) in [5.74, 6) is -2.18. The Balaban J connectivity index is 2.18. The molecule has 0 aliphatic heterocycles. The molecule has 3 aromatic rings. The standard InChI is InChI=1S/C21H20ClFN2O4/c1-11(20(28)24-7-8-26)19-12(2)25(18-6-4-14(27)10-15(18)19)21(29)13-3-5-16(22)17(23)9-13/h3-6,9-11,26-27H,7-8H2,1-2H3,(H,24,28). The highest BCUT2D eigenvalue weighted by atomic mass is 35.5. The first-order valence-electron chi connectivity index (χ1n) is 8.98. The van der Waals surface area contributed by atoms with Gasteiger partial charge in [-0.2, -0.15) is 0 Å². The second-order valence-corrected chi connectivity index (χ2v) is 7.11. The summed E-state index contributed by atoms with van der Waals surface area (Å²) < 4.78 is 15.3. The number of aliphatic hydroxyl groups excluding tert-OH is 1. The number of rotatable bonds is 5. The molecule has 0 saturated carbocycles. The second-order valence-electron chi connectivity index (χ2n) is 6.71. The number of hydrogen-bond donors (Lipinski definition) is 3. The van der Waals surface area contributed by atoms with Gasteiger partial charge in [-0.05, 0) is 55.8 Å². The molecule has 8 heteroatoms. The third kappa shape index (κ3) is 3.83. The smallest absolute Gasteiger partial charge is 0.262 e. The number of aromatic nitrogens is 1. The van der Waals surface area contributed by atoms with Crippen molar-refractivity contribution in [3.05, 3.63) is 64.1 Å². The average molecular weight is 419 g/mol. The fourth-order valence-electron chi connectivity index (χ4n) is 3.46. The van der Waals surface area contributed by atoms with Crippen molar-refractivity contribution < 1.29 is 24.2 Å². The van der Waals surface area contributed by atoms with Crippen LogP contribution in [0.3, 0.4) is 0 Å². The number of nitrogens with one attached hydrogen (secondary N) is 1. The maximum absolute atomic E-state index is 13.9. The molecule has 0 bridgehead atoms. The molecule has 152 valence electrons. The van der Waals surface area contributed by atoms with Crippen LogP contribution >= 0.6 is 11.6 Å². The van der Waals surface area contributed by atoms with E-state index >= 15 is 0 Å². The van der Waals surface area contributed by atoms with Gasteiger partial charge >= 0.3 is 0 Å². The first-order chi connectivity index (χ1) is 13.8. The van der Waals surface area contributed by atoms with Gasteiger partial charge in [0.2, 0.25) is 5.91 Å². The molecule has 1 atom stereocenters. The molecule has 1 aromatic heterocycles. The molecule has 29 heavy (non-hydrogen) atoms. The first-order valence-corrected chi connectivity index (χ1v) is 9.36. The minimum atomic E-state index is -0.707. The van der Waals surface area contributed by atoms with E-state index in [9.17, 15) is 19.1 Å². The normalized spacial score (nSPS) is 12.2. The number of nitrogens with zero attached hydrogens (tertiary/aromatic N) is 1. The Kier molecular flexibility index (Phi) is 5.91. The summed E-state index contributed by atoms with van der Waals surface area (Å²) in [6, 6.07) is 8.30. The number of phenols is 1. The van der Waals surface area contributed by atoms with Crippen molar-refractivity contribution in [2.75, 3.05) is 13.2 Å². The zero-order chi connectivity index (χ0) is 21.3. The fourth-order valence-corrected chi connectivity index (χ4v) is 3.58. The number of carbonyl (C=O) groups is 2. The molecule has 3 N–H and O–H groups in total. The molecule has 1 heterocycles. The molecule has 0 spiro atoms. The van der Waals surface area contributed by atoms with Crippen LogP contribution < -0.4 is 5.32 Å². The van der Waals surface area contributed by atoms with Crippen LogP contribution in [0.5, 0.6) is 5.75 Å². The lowest BCUT2D eigenvalue weighted by molar-refractivity contribution is -0.122. The van der Waals surface area contributed by atoms with Crippen molar-refractivity contribution in [1.29, 1.82) is 0 Å². The predicted molar refractivity (Wildman–Crippen MR) is 108 cm³/mol. The van der Waals surface area contributed by atoms with Gasteiger partial charge in [0, 0.05) is 23.2 Å². The van der Waals surface area contributed by atoms with E-state index in [1.54, 1.807) is 19.9 Å². The molecule has 2 aromatic carbocycles. The lowest BCUT2D eigenvalue weighted by Crippen LogP contribution is -2.30. The van der Waals surface area contributed by atoms with Gasteiger partial charge in [0.05, 0.1) is 23.1 Å². The summed E-state index contributed by atoms with van der Waals surface area (Å²) in [4.78, 5) is 25.6. The number of amides is 1. The summed E-state index contributed by atoms with van der Waals surface area (Å²) in [5.41, 5.74) is 1.65. The minimum Gasteiger partial charge on any atom is -0.508 e. The number of hydrogen-bond acceptors (Lipinski definition) is 4. The molecule has 0 fully saturated rings. The summed E-state index contributed by atoms with van der Waals surface area (Å²) in [5, 5.41) is 21.9. The van der Waals surface area contributed by atoms with Crippen LogP contribution in [0.1, 0.15) is 34.5 Å². The lowest BCUT2D eigenvalue weighted by atomic mass is 9.97. The molecule has 6 nitrogen and oxygen atoms in total. The Hall–Kier alpha value is -2.90. The Bertz CT molecular complexity index is 1110. The second kappa shape index (κ2) is 8.23. The van der Waals surface area contributed by atoms with Crippen LogP contribution in [-0.2, 0) is 4.79 Å².